The van der Waals surface area contributed by atoms with E-state index in [1.165, 1.54) is 0 Å². The molecule has 1 aliphatic heterocycles. The minimum Gasteiger partial charge on any atom is -0.369 e. The highest BCUT2D eigenvalue weighted by Gasteiger charge is 2.28. The minimum absolute atomic E-state index is 0.00611. The Hall–Kier alpha value is -1.65. The summed E-state index contributed by atoms with van der Waals surface area (Å²) in [6.07, 6.45) is 6.38. The lowest BCUT2D eigenvalue weighted by atomic mass is 10.1. The van der Waals surface area contributed by atoms with Crippen LogP contribution in [0.15, 0.2) is 12.4 Å². The third-order valence-corrected chi connectivity index (χ3v) is 3.32. The largest absolute Gasteiger partial charge is 0.369 e. The van der Waals surface area contributed by atoms with Crippen LogP contribution in [0.25, 0.3) is 0 Å². The van der Waals surface area contributed by atoms with Gasteiger partial charge in [-0.3, -0.25) is 9.78 Å². The van der Waals surface area contributed by atoms with Crippen molar-refractivity contribution in [3.8, 4) is 0 Å². The Balaban J connectivity index is 2.15. The normalized spacial score (nSPS) is 19.0. The van der Waals surface area contributed by atoms with E-state index in [0.717, 1.165) is 32.4 Å². The van der Waals surface area contributed by atoms with Gasteiger partial charge >= 0.3 is 0 Å². The van der Waals surface area contributed by atoms with Gasteiger partial charge in [-0.15, -0.1) is 0 Å². The fourth-order valence-electron chi connectivity index (χ4n) is 2.41. The van der Waals surface area contributed by atoms with Crippen molar-refractivity contribution in [2.45, 2.75) is 39.2 Å². The molecule has 2 heterocycles. The Kier molecular flexibility index (Phi) is 4.12. The molecule has 0 aromatic carbocycles. The molecule has 2 rings (SSSR count). The van der Waals surface area contributed by atoms with Gasteiger partial charge in [-0.05, 0) is 26.2 Å². The fourth-order valence-corrected chi connectivity index (χ4v) is 2.41. The average molecular weight is 248 g/mol. The van der Waals surface area contributed by atoms with E-state index in [2.05, 4.69) is 22.2 Å². The molecule has 1 aromatic rings. The van der Waals surface area contributed by atoms with Crippen molar-refractivity contribution >= 4 is 11.7 Å². The molecule has 1 fully saturated rings. The van der Waals surface area contributed by atoms with Crippen molar-refractivity contribution in [1.29, 1.82) is 0 Å². The van der Waals surface area contributed by atoms with E-state index < -0.39 is 0 Å². The smallest absolute Gasteiger partial charge is 0.274 e. The first-order valence-corrected chi connectivity index (χ1v) is 6.63. The van der Waals surface area contributed by atoms with Gasteiger partial charge in [-0.25, -0.2) is 4.98 Å². The highest BCUT2D eigenvalue weighted by molar-refractivity contribution is 5.92. The van der Waals surface area contributed by atoms with Crippen molar-refractivity contribution in [2.75, 3.05) is 18.4 Å². The lowest BCUT2D eigenvalue weighted by Gasteiger charge is -2.23. The van der Waals surface area contributed by atoms with E-state index in [1.807, 2.05) is 11.8 Å². The number of nitrogens with one attached hydrogen (secondary N) is 1. The first kappa shape index (κ1) is 12.8. The first-order chi connectivity index (χ1) is 8.76. The van der Waals surface area contributed by atoms with Crippen LogP contribution in [0.4, 0.5) is 5.82 Å². The Morgan fingerprint density at radius 2 is 2.33 bits per heavy atom. The maximum Gasteiger partial charge on any atom is 0.274 e. The summed E-state index contributed by atoms with van der Waals surface area (Å²) >= 11 is 0. The molecule has 1 unspecified atom stereocenters. The van der Waals surface area contributed by atoms with Gasteiger partial charge in [0.05, 0.1) is 12.4 Å². The summed E-state index contributed by atoms with van der Waals surface area (Å²) in [4.78, 5) is 22.7. The Labute approximate surface area is 108 Å². The van der Waals surface area contributed by atoms with Crippen LogP contribution >= 0.6 is 0 Å². The third-order valence-electron chi connectivity index (χ3n) is 3.32. The number of aromatic nitrogens is 2. The molecule has 18 heavy (non-hydrogen) atoms. The summed E-state index contributed by atoms with van der Waals surface area (Å²) in [7, 11) is 0. The second-order valence-corrected chi connectivity index (χ2v) is 4.52. The van der Waals surface area contributed by atoms with Crippen LogP contribution in [0.2, 0.25) is 0 Å². The lowest BCUT2D eigenvalue weighted by molar-refractivity contribution is 0.0727. The van der Waals surface area contributed by atoms with E-state index in [-0.39, 0.29) is 5.91 Å². The summed E-state index contributed by atoms with van der Waals surface area (Å²) in [6.45, 7) is 5.72. The molecular formula is C13H20N4O. The molecular weight excluding hydrogens is 228 g/mol. The van der Waals surface area contributed by atoms with E-state index in [4.69, 9.17) is 0 Å². The zero-order chi connectivity index (χ0) is 13.0. The number of likely N-dealkylation sites (tertiary alicyclic amines) is 1. The van der Waals surface area contributed by atoms with Crippen LogP contribution in [0.5, 0.6) is 0 Å². The van der Waals surface area contributed by atoms with Crippen LogP contribution in [-0.2, 0) is 0 Å². The SMILES string of the molecule is CCNc1cncc(C(=O)N2CCCC2CC)n1. The van der Waals surface area contributed by atoms with Gasteiger partial charge in [0.1, 0.15) is 11.5 Å². The van der Waals surface area contributed by atoms with Gasteiger partial charge in [-0.1, -0.05) is 6.92 Å². The molecule has 0 spiro atoms. The monoisotopic (exact) mass is 248 g/mol. The minimum atomic E-state index is 0.00611. The van der Waals surface area contributed by atoms with Gasteiger partial charge < -0.3 is 10.2 Å². The number of nitrogens with zero attached hydrogens (tertiary/aromatic N) is 3. The summed E-state index contributed by atoms with van der Waals surface area (Å²) in [5, 5.41) is 3.07. The zero-order valence-corrected chi connectivity index (χ0v) is 11.0. The number of carbonyl (C=O) groups excluding carboxylic acids is 1. The molecule has 1 saturated heterocycles. The molecule has 1 aliphatic rings. The van der Waals surface area contributed by atoms with Crippen molar-refractivity contribution < 1.29 is 4.79 Å². The van der Waals surface area contributed by atoms with Gasteiger partial charge in [0.2, 0.25) is 0 Å². The molecule has 5 heteroatoms. The van der Waals surface area contributed by atoms with Crippen molar-refractivity contribution in [3.05, 3.63) is 18.1 Å². The van der Waals surface area contributed by atoms with Crippen LogP contribution < -0.4 is 5.32 Å². The molecule has 0 bridgehead atoms. The third kappa shape index (κ3) is 2.60. The summed E-state index contributed by atoms with van der Waals surface area (Å²) in [5.74, 6) is 0.669. The quantitative estimate of drug-likeness (QED) is 0.884. The number of rotatable bonds is 4. The molecule has 98 valence electrons. The zero-order valence-electron chi connectivity index (χ0n) is 11.0. The molecule has 1 amide bonds. The van der Waals surface area contributed by atoms with Crippen molar-refractivity contribution in [3.63, 3.8) is 0 Å². The fraction of sp³-hybridized carbons (Fsp3) is 0.615. The van der Waals surface area contributed by atoms with E-state index in [1.54, 1.807) is 12.4 Å². The maximum absolute atomic E-state index is 12.4. The predicted molar refractivity (Wildman–Crippen MR) is 70.5 cm³/mol. The summed E-state index contributed by atoms with van der Waals surface area (Å²) in [5.41, 5.74) is 0.439. The van der Waals surface area contributed by atoms with E-state index in [0.29, 0.717) is 17.6 Å². The standard InChI is InChI=1S/C13H20N4O/c1-3-10-6-5-7-17(10)13(18)11-8-14-9-12(16-11)15-4-2/h8-10H,3-7H2,1-2H3,(H,15,16). The number of hydrogen-bond acceptors (Lipinski definition) is 4. The van der Waals surface area contributed by atoms with Crippen LogP contribution in [0.1, 0.15) is 43.6 Å². The van der Waals surface area contributed by atoms with Crippen molar-refractivity contribution in [2.24, 2.45) is 0 Å². The van der Waals surface area contributed by atoms with Gasteiger partial charge in [-0.2, -0.15) is 0 Å². The molecule has 0 aliphatic carbocycles. The molecule has 5 nitrogen and oxygen atoms in total. The molecule has 0 radical (unpaired) electrons. The molecule has 1 atom stereocenters. The van der Waals surface area contributed by atoms with Crippen LogP contribution in [-0.4, -0.2) is 39.9 Å². The first-order valence-electron chi connectivity index (χ1n) is 6.63. The Morgan fingerprint density at radius 1 is 1.50 bits per heavy atom. The van der Waals surface area contributed by atoms with Crippen LogP contribution in [0.3, 0.4) is 0 Å². The predicted octanol–water partition coefficient (Wildman–Crippen LogP) is 1.92. The van der Waals surface area contributed by atoms with Gasteiger partial charge in [0.25, 0.3) is 5.91 Å². The number of hydrogen-bond donors (Lipinski definition) is 1. The lowest BCUT2D eigenvalue weighted by Crippen LogP contribution is -2.35. The number of amides is 1. The number of carbonyl (C=O) groups is 1. The molecule has 1 aromatic heterocycles. The summed E-state index contributed by atoms with van der Waals surface area (Å²) < 4.78 is 0. The highest BCUT2D eigenvalue weighted by atomic mass is 16.2. The summed E-state index contributed by atoms with van der Waals surface area (Å²) in [6, 6.07) is 0.363. The van der Waals surface area contributed by atoms with E-state index in [9.17, 15) is 4.79 Å². The number of anilines is 1. The Bertz CT molecular complexity index is 421. The average Bonchev–Trinajstić information content (AvgIpc) is 2.87. The second-order valence-electron chi connectivity index (χ2n) is 4.52. The maximum atomic E-state index is 12.4. The van der Waals surface area contributed by atoms with Crippen molar-refractivity contribution in [1.82, 2.24) is 14.9 Å². The molecule has 1 N–H and O–H groups in total. The van der Waals surface area contributed by atoms with Gasteiger partial charge in [0.15, 0.2) is 0 Å². The topological polar surface area (TPSA) is 58.1 Å². The Morgan fingerprint density at radius 3 is 3.06 bits per heavy atom. The highest BCUT2D eigenvalue weighted by Crippen LogP contribution is 2.21. The molecule has 0 saturated carbocycles. The second kappa shape index (κ2) is 5.80. The van der Waals surface area contributed by atoms with Gasteiger partial charge in [0, 0.05) is 19.1 Å². The van der Waals surface area contributed by atoms with Crippen LogP contribution in [0, 0.1) is 0 Å². The van der Waals surface area contributed by atoms with E-state index >= 15 is 0 Å².